The van der Waals surface area contributed by atoms with Crippen molar-refractivity contribution in [3.8, 4) is 17.1 Å². The molecule has 1 saturated heterocycles. The summed E-state index contributed by atoms with van der Waals surface area (Å²) in [6.45, 7) is 1.52. The van der Waals surface area contributed by atoms with Crippen LogP contribution < -0.4 is 9.64 Å². The Labute approximate surface area is 168 Å². The quantitative estimate of drug-likeness (QED) is 0.687. The predicted octanol–water partition coefficient (Wildman–Crippen LogP) is 4.35. The molecular formula is C21H22ClN3O3. The highest BCUT2D eigenvalue weighted by Gasteiger charge is 2.28. The number of benzene rings is 2. The molecule has 7 heteroatoms. The van der Waals surface area contributed by atoms with Crippen molar-refractivity contribution in [1.82, 2.24) is 10.1 Å². The van der Waals surface area contributed by atoms with Gasteiger partial charge < -0.3 is 19.3 Å². The topological polar surface area (TPSA) is 71.6 Å². The Morgan fingerprint density at radius 3 is 2.64 bits per heavy atom. The summed E-state index contributed by atoms with van der Waals surface area (Å²) in [6, 6.07) is 15.5. The van der Waals surface area contributed by atoms with E-state index in [0.29, 0.717) is 16.9 Å². The molecule has 3 aromatic rings. The predicted molar refractivity (Wildman–Crippen MR) is 108 cm³/mol. The van der Waals surface area contributed by atoms with Crippen LogP contribution >= 0.6 is 11.6 Å². The maximum atomic E-state index is 10.7. The molecule has 1 unspecified atom stereocenters. The van der Waals surface area contributed by atoms with E-state index in [-0.39, 0.29) is 5.92 Å². The fourth-order valence-electron chi connectivity index (χ4n) is 3.56. The fraction of sp³-hybridized carbons (Fsp3) is 0.333. The average molecular weight is 400 g/mol. The van der Waals surface area contributed by atoms with Gasteiger partial charge in [0.05, 0.1) is 13.2 Å². The summed E-state index contributed by atoms with van der Waals surface area (Å²) >= 11 is 5.93. The molecule has 0 spiro atoms. The minimum atomic E-state index is -0.491. The zero-order chi connectivity index (χ0) is 19.5. The van der Waals surface area contributed by atoms with Gasteiger partial charge in [-0.3, -0.25) is 0 Å². The van der Waals surface area contributed by atoms with Crippen molar-refractivity contribution in [2.45, 2.75) is 18.9 Å². The Bertz CT molecular complexity index is 921. The number of nitrogens with zero attached hydrogens (tertiary/aromatic N) is 3. The van der Waals surface area contributed by atoms with E-state index in [0.717, 1.165) is 42.8 Å². The molecule has 1 atom stereocenters. The molecule has 1 aliphatic heterocycles. The number of halogens is 1. The van der Waals surface area contributed by atoms with Crippen LogP contribution in [0.1, 0.15) is 24.5 Å². The molecule has 4 rings (SSSR count). The zero-order valence-electron chi connectivity index (χ0n) is 15.6. The molecule has 2 heterocycles. The molecule has 0 radical (unpaired) electrons. The largest absolute Gasteiger partial charge is 0.497 e. The number of aliphatic hydroxyl groups excluding tert-OH is 1. The third-order valence-corrected chi connectivity index (χ3v) is 5.46. The molecule has 0 amide bonds. The summed E-state index contributed by atoms with van der Waals surface area (Å²) in [5.41, 5.74) is 1.75. The maximum Gasteiger partial charge on any atom is 0.324 e. The fourth-order valence-corrected chi connectivity index (χ4v) is 3.69. The normalized spacial score (nSPS) is 16.2. The highest BCUT2D eigenvalue weighted by atomic mass is 35.5. The van der Waals surface area contributed by atoms with Crippen molar-refractivity contribution in [2.24, 2.45) is 5.92 Å². The molecule has 2 aromatic carbocycles. The number of hydrogen-bond donors (Lipinski definition) is 1. The third-order valence-electron chi connectivity index (χ3n) is 5.21. The molecule has 1 fully saturated rings. The Kier molecular flexibility index (Phi) is 5.50. The first-order chi connectivity index (χ1) is 13.6. The van der Waals surface area contributed by atoms with Gasteiger partial charge in [0.2, 0.25) is 5.82 Å². The van der Waals surface area contributed by atoms with Crippen LogP contribution in [0.2, 0.25) is 5.02 Å². The first-order valence-electron chi connectivity index (χ1n) is 9.30. The van der Waals surface area contributed by atoms with Crippen molar-refractivity contribution < 1.29 is 14.4 Å². The lowest BCUT2D eigenvalue weighted by Crippen LogP contribution is -2.35. The van der Waals surface area contributed by atoms with Gasteiger partial charge in [0.15, 0.2) is 0 Å². The van der Waals surface area contributed by atoms with Gasteiger partial charge in [-0.25, -0.2) is 0 Å². The Morgan fingerprint density at radius 2 is 1.93 bits per heavy atom. The van der Waals surface area contributed by atoms with Crippen LogP contribution in [0.4, 0.5) is 6.01 Å². The van der Waals surface area contributed by atoms with E-state index in [1.165, 1.54) is 0 Å². The summed E-state index contributed by atoms with van der Waals surface area (Å²) in [7, 11) is 1.63. The van der Waals surface area contributed by atoms with Gasteiger partial charge in [0.1, 0.15) is 5.75 Å². The molecule has 0 aliphatic carbocycles. The minimum Gasteiger partial charge on any atom is -0.497 e. The van der Waals surface area contributed by atoms with Crippen LogP contribution in [0.3, 0.4) is 0 Å². The zero-order valence-corrected chi connectivity index (χ0v) is 16.3. The molecule has 6 nitrogen and oxygen atoms in total. The van der Waals surface area contributed by atoms with E-state index in [2.05, 4.69) is 15.0 Å². The van der Waals surface area contributed by atoms with Crippen molar-refractivity contribution in [2.75, 3.05) is 25.1 Å². The van der Waals surface area contributed by atoms with Crippen molar-refractivity contribution in [1.29, 1.82) is 0 Å². The van der Waals surface area contributed by atoms with E-state index < -0.39 is 6.10 Å². The SMILES string of the molecule is COc1cccc(-c2noc(N3CCC(C(O)c4ccc(Cl)cc4)CC3)n2)c1. The molecular weight excluding hydrogens is 378 g/mol. The standard InChI is InChI=1S/C21H22ClN3O3/c1-27-18-4-2-3-16(13-18)20-23-21(28-24-20)25-11-9-15(10-12-25)19(26)14-5-7-17(22)8-6-14/h2-8,13,15,19,26H,9-12H2,1H3. The van der Waals surface area contributed by atoms with Crippen LogP contribution in [-0.4, -0.2) is 35.4 Å². The smallest absolute Gasteiger partial charge is 0.324 e. The molecule has 1 aliphatic rings. The Morgan fingerprint density at radius 1 is 1.18 bits per heavy atom. The van der Waals surface area contributed by atoms with Gasteiger partial charge in [-0.2, -0.15) is 4.98 Å². The Hall–Kier alpha value is -2.57. The lowest BCUT2D eigenvalue weighted by Gasteiger charge is -2.33. The molecule has 146 valence electrons. The highest BCUT2D eigenvalue weighted by Crippen LogP contribution is 2.33. The molecule has 1 aromatic heterocycles. The monoisotopic (exact) mass is 399 g/mol. The minimum absolute atomic E-state index is 0.193. The maximum absolute atomic E-state index is 10.7. The van der Waals surface area contributed by atoms with Crippen LogP contribution in [-0.2, 0) is 0 Å². The van der Waals surface area contributed by atoms with Gasteiger partial charge in [0, 0.05) is 23.7 Å². The number of rotatable bonds is 5. The first kappa shape index (κ1) is 18.8. The highest BCUT2D eigenvalue weighted by molar-refractivity contribution is 6.30. The molecule has 1 N–H and O–H groups in total. The Balaban J connectivity index is 1.40. The molecule has 28 heavy (non-hydrogen) atoms. The summed E-state index contributed by atoms with van der Waals surface area (Å²) in [5.74, 6) is 1.48. The van der Waals surface area contributed by atoms with Crippen molar-refractivity contribution in [3.63, 3.8) is 0 Å². The van der Waals surface area contributed by atoms with Crippen LogP contribution in [0.25, 0.3) is 11.4 Å². The number of aliphatic hydroxyl groups is 1. The lowest BCUT2D eigenvalue weighted by atomic mass is 9.87. The van der Waals surface area contributed by atoms with Crippen LogP contribution in [0, 0.1) is 5.92 Å². The summed E-state index contributed by atoms with van der Waals surface area (Å²) in [4.78, 5) is 6.60. The van der Waals surface area contributed by atoms with E-state index >= 15 is 0 Å². The molecule has 0 bridgehead atoms. The lowest BCUT2D eigenvalue weighted by molar-refractivity contribution is 0.0921. The third kappa shape index (κ3) is 3.98. The molecule has 0 saturated carbocycles. The second kappa shape index (κ2) is 8.20. The van der Waals surface area contributed by atoms with Gasteiger partial charge in [-0.1, -0.05) is 41.0 Å². The van der Waals surface area contributed by atoms with Gasteiger partial charge in [-0.15, -0.1) is 0 Å². The summed E-state index contributed by atoms with van der Waals surface area (Å²) in [5, 5.41) is 15.4. The van der Waals surface area contributed by atoms with Crippen molar-refractivity contribution >= 4 is 17.6 Å². The number of aromatic nitrogens is 2. The number of methoxy groups -OCH3 is 1. The van der Waals surface area contributed by atoms with Crippen LogP contribution in [0.15, 0.2) is 53.1 Å². The van der Waals surface area contributed by atoms with Gasteiger partial charge in [0.25, 0.3) is 0 Å². The second-order valence-electron chi connectivity index (χ2n) is 6.95. The first-order valence-corrected chi connectivity index (χ1v) is 9.68. The number of ether oxygens (including phenoxy) is 1. The average Bonchev–Trinajstić information content (AvgIpc) is 3.24. The number of anilines is 1. The van der Waals surface area contributed by atoms with Gasteiger partial charge in [-0.05, 0) is 48.6 Å². The second-order valence-corrected chi connectivity index (χ2v) is 7.39. The van der Waals surface area contributed by atoms with E-state index in [1.54, 1.807) is 7.11 Å². The van der Waals surface area contributed by atoms with Crippen molar-refractivity contribution in [3.05, 3.63) is 59.1 Å². The van der Waals surface area contributed by atoms with E-state index in [1.807, 2.05) is 48.5 Å². The number of hydrogen-bond acceptors (Lipinski definition) is 6. The summed E-state index contributed by atoms with van der Waals surface area (Å²) in [6.07, 6.45) is 1.20. The van der Waals surface area contributed by atoms with Crippen LogP contribution in [0.5, 0.6) is 5.75 Å². The summed E-state index contributed by atoms with van der Waals surface area (Å²) < 4.78 is 10.7. The van der Waals surface area contributed by atoms with Gasteiger partial charge >= 0.3 is 6.01 Å². The van der Waals surface area contributed by atoms with E-state index in [9.17, 15) is 5.11 Å². The number of piperidine rings is 1. The van der Waals surface area contributed by atoms with E-state index in [4.69, 9.17) is 20.9 Å².